The Morgan fingerprint density at radius 3 is 2.76 bits per heavy atom. The summed E-state index contributed by atoms with van der Waals surface area (Å²) in [7, 11) is 0. The molecule has 3 aromatic heterocycles. The molecule has 0 N–H and O–H groups in total. The van der Waals surface area contributed by atoms with Crippen LogP contribution < -0.4 is 0 Å². The van der Waals surface area contributed by atoms with Crippen molar-refractivity contribution >= 4 is 34.0 Å². The Labute approximate surface area is 227 Å². The van der Waals surface area contributed by atoms with E-state index in [0.29, 0.717) is 11.3 Å². The summed E-state index contributed by atoms with van der Waals surface area (Å²) in [4.78, 5) is 16.9. The number of halogens is 1. The molecule has 3 atom stereocenters. The largest absolute Gasteiger partial charge is 0.329 e. The fraction of sp³-hybridized carbons (Fsp3) is 0.500. The van der Waals surface area contributed by atoms with Gasteiger partial charge in [-0.25, -0.2) is 9.97 Å². The second kappa shape index (κ2) is 10.1. The molecule has 0 radical (unpaired) electrons. The van der Waals surface area contributed by atoms with Crippen LogP contribution in [0, 0.1) is 17.8 Å². The number of likely N-dealkylation sites (tertiary alicyclic amines) is 1. The number of aromatic nitrogens is 4. The molecule has 37 heavy (non-hydrogen) atoms. The molecular formula is C30H34ClN5S. The highest BCUT2D eigenvalue weighted by atomic mass is 35.5. The van der Waals surface area contributed by atoms with E-state index >= 15 is 0 Å². The molecule has 0 spiro atoms. The highest BCUT2D eigenvalue weighted by Crippen LogP contribution is 2.44. The lowest BCUT2D eigenvalue weighted by molar-refractivity contribution is 0.129. The molecule has 1 saturated heterocycles. The van der Waals surface area contributed by atoms with Crippen LogP contribution in [0.2, 0.25) is 5.28 Å². The van der Waals surface area contributed by atoms with Gasteiger partial charge in [-0.05, 0) is 86.4 Å². The van der Waals surface area contributed by atoms with Crippen LogP contribution in [-0.2, 0) is 6.42 Å². The second-order valence-electron chi connectivity index (χ2n) is 11.5. The van der Waals surface area contributed by atoms with Crippen molar-refractivity contribution in [1.82, 2.24) is 24.4 Å². The summed E-state index contributed by atoms with van der Waals surface area (Å²) in [5.41, 5.74) is 4.48. The Balaban J connectivity index is 1.13. The number of fused-ring (bicyclic) bond motifs is 1. The van der Waals surface area contributed by atoms with Crippen LogP contribution in [-0.4, -0.2) is 44.1 Å². The molecule has 192 valence electrons. The molecule has 4 aromatic rings. The fourth-order valence-corrected chi connectivity index (χ4v) is 7.73. The second-order valence-corrected chi connectivity index (χ2v) is 12.7. The van der Waals surface area contributed by atoms with Gasteiger partial charge in [-0.15, -0.1) is 11.3 Å². The van der Waals surface area contributed by atoms with Gasteiger partial charge in [-0.1, -0.05) is 30.3 Å². The summed E-state index contributed by atoms with van der Waals surface area (Å²) in [6.45, 7) is 3.96. The predicted molar refractivity (Wildman–Crippen MR) is 151 cm³/mol. The van der Waals surface area contributed by atoms with Crippen LogP contribution in [0.3, 0.4) is 0 Å². The van der Waals surface area contributed by atoms with Crippen LogP contribution in [0.1, 0.15) is 62.2 Å². The van der Waals surface area contributed by atoms with Gasteiger partial charge in [0.15, 0.2) is 0 Å². The van der Waals surface area contributed by atoms with Crippen molar-refractivity contribution in [2.24, 2.45) is 17.8 Å². The third-order valence-corrected chi connectivity index (χ3v) is 9.92. The Bertz CT molecular complexity index is 1380. The third-order valence-electron chi connectivity index (χ3n) is 8.81. The molecule has 1 aromatic carbocycles. The minimum atomic E-state index is 0.319. The van der Waals surface area contributed by atoms with Crippen LogP contribution in [0.15, 0.2) is 48.1 Å². The van der Waals surface area contributed by atoms with E-state index in [4.69, 9.17) is 21.6 Å². The lowest BCUT2D eigenvalue weighted by atomic mass is 9.84. The molecule has 7 heteroatoms. The molecule has 2 saturated carbocycles. The van der Waals surface area contributed by atoms with E-state index in [1.165, 1.54) is 70.1 Å². The van der Waals surface area contributed by atoms with Gasteiger partial charge in [0.05, 0.1) is 5.69 Å². The Kier molecular flexibility index (Phi) is 6.51. The van der Waals surface area contributed by atoms with Crippen LogP contribution >= 0.6 is 22.9 Å². The predicted octanol–water partition coefficient (Wildman–Crippen LogP) is 7.26. The molecule has 3 aliphatic rings. The van der Waals surface area contributed by atoms with Crippen molar-refractivity contribution < 1.29 is 0 Å². The van der Waals surface area contributed by atoms with E-state index in [2.05, 4.69) is 56.4 Å². The number of hydrogen-bond acceptors (Lipinski definition) is 5. The zero-order valence-corrected chi connectivity index (χ0v) is 22.8. The average molecular weight is 532 g/mol. The molecular weight excluding hydrogens is 498 g/mol. The Morgan fingerprint density at radius 1 is 1.00 bits per heavy atom. The fourth-order valence-electron chi connectivity index (χ4n) is 6.75. The first kappa shape index (κ1) is 23.8. The molecule has 0 bridgehead atoms. The minimum Gasteiger partial charge on any atom is -0.329 e. The summed E-state index contributed by atoms with van der Waals surface area (Å²) in [5.74, 6) is 2.64. The van der Waals surface area contributed by atoms with Crippen LogP contribution in [0.4, 0.5) is 0 Å². The van der Waals surface area contributed by atoms with Crippen molar-refractivity contribution in [3.05, 3.63) is 64.6 Å². The maximum atomic E-state index is 6.31. The highest BCUT2D eigenvalue weighted by Gasteiger charge is 2.36. The quantitative estimate of drug-likeness (QED) is 0.235. The summed E-state index contributed by atoms with van der Waals surface area (Å²) in [6, 6.07) is 11.0. The number of nitrogens with zero attached hydrogens (tertiary/aromatic N) is 5. The first-order chi connectivity index (χ1) is 18.2. The molecule has 7 rings (SSSR count). The van der Waals surface area contributed by atoms with Gasteiger partial charge in [-0.3, -0.25) is 0 Å². The van der Waals surface area contributed by atoms with Crippen molar-refractivity contribution in [2.45, 2.75) is 57.4 Å². The Morgan fingerprint density at radius 2 is 1.89 bits per heavy atom. The number of thiazole rings is 1. The topological polar surface area (TPSA) is 46.8 Å². The van der Waals surface area contributed by atoms with E-state index < -0.39 is 0 Å². The minimum absolute atomic E-state index is 0.319. The molecule has 4 heterocycles. The van der Waals surface area contributed by atoms with Crippen LogP contribution in [0.5, 0.6) is 0 Å². The number of hydrogen-bond donors (Lipinski definition) is 0. The van der Waals surface area contributed by atoms with E-state index in [1.807, 2.05) is 6.20 Å². The SMILES string of the molecule is Clc1ncc2c(-c3nc(Cc4ccccc4)cs3)cn(C3CCC(C4CCCN(CC5CC5)C4)C3)c2n1. The lowest BCUT2D eigenvalue weighted by Gasteiger charge is -2.36. The molecule has 1 aliphatic heterocycles. The summed E-state index contributed by atoms with van der Waals surface area (Å²) in [6.07, 6.45) is 14.5. The van der Waals surface area contributed by atoms with E-state index in [1.54, 1.807) is 11.3 Å². The van der Waals surface area contributed by atoms with E-state index in [-0.39, 0.29) is 0 Å². The van der Waals surface area contributed by atoms with Crippen molar-refractivity contribution in [1.29, 1.82) is 0 Å². The smallest absolute Gasteiger partial charge is 0.224 e. The standard InChI is InChI=1S/C30H34ClN5S/c31-30-32-15-26-27(29-33-24(19-37-29)13-20-5-2-1-3-6-20)18-36(28(26)34-30)25-11-10-22(14-25)23-7-4-12-35(17-23)16-21-8-9-21/h1-3,5-6,15,18-19,21-23,25H,4,7-14,16-17H2. The van der Waals surface area contributed by atoms with Gasteiger partial charge in [0.25, 0.3) is 0 Å². The van der Waals surface area contributed by atoms with Gasteiger partial charge < -0.3 is 9.47 Å². The summed E-state index contributed by atoms with van der Waals surface area (Å²) < 4.78 is 2.40. The zero-order valence-electron chi connectivity index (χ0n) is 21.2. The van der Waals surface area contributed by atoms with Crippen molar-refractivity contribution in [2.75, 3.05) is 19.6 Å². The molecule has 2 aliphatic carbocycles. The zero-order chi connectivity index (χ0) is 24.8. The van der Waals surface area contributed by atoms with Crippen molar-refractivity contribution in [3.8, 4) is 10.6 Å². The van der Waals surface area contributed by atoms with Gasteiger partial charge in [0.2, 0.25) is 5.28 Å². The first-order valence-electron chi connectivity index (χ1n) is 13.9. The number of benzene rings is 1. The lowest BCUT2D eigenvalue weighted by Crippen LogP contribution is -2.39. The Hall–Kier alpha value is -2.28. The maximum Gasteiger partial charge on any atom is 0.224 e. The third kappa shape index (κ3) is 5.08. The monoisotopic (exact) mass is 531 g/mol. The number of rotatable bonds is 7. The van der Waals surface area contributed by atoms with Gasteiger partial charge >= 0.3 is 0 Å². The maximum absolute atomic E-state index is 6.31. The van der Waals surface area contributed by atoms with E-state index in [0.717, 1.165) is 51.5 Å². The molecule has 3 fully saturated rings. The van der Waals surface area contributed by atoms with Crippen LogP contribution in [0.25, 0.3) is 21.6 Å². The average Bonchev–Trinajstić information content (AvgIpc) is 3.29. The normalized spacial score (nSPS) is 24.7. The van der Waals surface area contributed by atoms with Gasteiger partial charge in [0, 0.05) is 54.3 Å². The van der Waals surface area contributed by atoms with E-state index in [9.17, 15) is 0 Å². The molecule has 5 nitrogen and oxygen atoms in total. The van der Waals surface area contributed by atoms with Gasteiger partial charge in [0.1, 0.15) is 10.7 Å². The van der Waals surface area contributed by atoms with Gasteiger partial charge in [-0.2, -0.15) is 4.98 Å². The number of piperidine rings is 1. The van der Waals surface area contributed by atoms with Crippen molar-refractivity contribution in [3.63, 3.8) is 0 Å². The molecule has 0 amide bonds. The highest BCUT2D eigenvalue weighted by molar-refractivity contribution is 7.13. The summed E-state index contributed by atoms with van der Waals surface area (Å²) >= 11 is 8.02. The first-order valence-corrected chi connectivity index (χ1v) is 15.2. The summed E-state index contributed by atoms with van der Waals surface area (Å²) in [5, 5.41) is 4.60. The molecule has 3 unspecified atom stereocenters.